The second-order valence-corrected chi connectivity index (χ2v) is 5.68. The minimum Gasteiger partial charge on any atom is -0.481 e. The fourth-order valence-electron chi connectivity index (χ4n) is 2.22. The number of aliphatic carboxylic acids is 1. The molecular formula is C16H14N2O2S. The lowest BCUT2D eigenvalue weighted by Gasteiger charge is -2.08. The summed E-state index contributed by atoms with van der Waals surface area (Å²) < 4.78 is 2.00. The number of fused-ring (bicyclic) bond motifs is 1. The Morgan fingerprint density at radius 1 is 1.24 bits per heavy atom. The normalized spacial score (nSPS) is 10.9. The van der Waals surface area contributed by atoms with Gasteiger partial charge in [0.2, 0.25) is 0 Å². The maximum Gasteiger partial charge on any atom is 0.313 e. The molecule has 0 unspecified atom stereocenters. The SMILES string of the molecule is Cc1ccc2c(c1)nc(SCC(=O)O)n2-c1ccccc1. The van der Waals surface area contributed by atoms with Crippen molar-refractivity contribution in [2.45, 2.75) is 12.1 Å². The van der Waals surface area contributed by atoms with Crippen molar-refractivity contribution in [2.24, 2.45) is 0 Å². The van der Waals surface area contributed by atoms with E-state index in [1.165, 1.54) is 11.8 Å². The molecule has 4 nitrogen and oxygen atoms in total. The molecule has 0 saturated carbocycles. The number of imidazole rings is 1. The van der Waals surface area contributed by atoms with Gasteiger partial charge in [-0.25, -0.2) is 4.98 Å². The molecule has 106 valence electrons. The van der Waals surface area contributed by atoms with Crippen molar-refractivity contribution in [3.63, 3.8) is 0 Å². The fraction of sp³-hybridized carbons (Fsp3) is 0.125. The first-order valence-electron chi connectivity index (χ1n) is 6.54. The lowest BCUT2D eigenvalue weighted by Crippen LogP contribution is -2.01. The molecule has 0 aliphatic carbocycles. The van der Waals surface area contributed by atoms with Gasteiger partial charge in [0.05, 0.1) is 16.8 Å². The Hall–Kier alpha value is -2.27. The number of carboxylic acids is 1. The van der Waals surface area contributed by atoms with E-state index in [0.717, 1.165) is 22.3 Å². The van der Waals surface area contributed by atoms with Gasteiger partial charge in [0, 0.05) is 5.69 Å². The van der Waals surface area contributed by atoms with E-state index in [-0.39, 0.29) is 5.75 Å². The van der Waals surface area contributed by atoms with Gasteiger partial charge in [-0.3, -0.25) is 9.36 Å². The van der Waals surface area contributed by atoms with Gasteiger partial charge in [-0.05, 0) is 36.8 Å². The third-order valence-corrected chi connectivity index (χ3v) is 4.04. The minimum atomic E-state index is -0.845. The van der Waals surface area contributed by atoms with Crippen LogP contribution in [0.25, 0.3) is 16.7 Å². The number of hydrogen-bond donors (Lipinski definition) is 1. The summed E-state index contributed by atoms with van der Waals surface area (Å²) in [4.78, 5) is 15.4. The molecule has 0 bridgehead atoms. The van der Waals surface area contributed by atoms with Crippen LogP contribution < -0.4 is 0 Å². The van der Waals surface area contributed by atoms with Gasteiger partial charge in [0.15, 0.2) is 5.16 Å². The highest BCUT2D eigenvalue weighted by Gasteiger charge is 2.14. The zero-order chi connectivity index (χ0) is 14.8. The summed E-state index contributed by atoms with van der Waals surface area (Å²) in [5.41, 5.74) is 3.98. The number of benzene rings is 2. The quantitative estimate of drug-likeness (QED) is 0.749. The van der Waals surface area contributed by atoms with Crippen LogP contribution in [-0.4, -0.2) is 26.4 Å². The fourth-order valence-corrected chi connectivity index (χ4v) is 2.97. The van der Waals surface area contributed by atoms with Crippen LogP contribution in [0.5, 0.6) is 0 Å². The summed E-state index contributed by atoms with van der Waals surface area (Å²) in [5.74, 6) is -0.849. The molecule has 0 radical (unpaired) electrons. The van der Waals surface area contributed by atoms with Crippen LogP contribution in [0, 0.1) is 6.92 Å². The molecule has 5 heteroatoms. The van der Waals surface area contributed by atoms with E-state index in [2.05, 4.69) is 4.98 Å². The Kier molecular flexibility index (Phi) is 3.66. The number of thioether (sulfide) groups is 1. The molecule has 21 heavy (non-hydrogen) atoms. The molecule has 0 aliphatic rings. The van der Waals surface area contributed by atoms with Crippen LogP contribution in [0.15, 0.2) is 53.7 Å². The van der Waals surface area contributed by atoms with E-state index in [1.807, 2.05) is 60.0 Å². The molecule has 3 rings (SSSR count). The summed E-state index contributed by atoms with van der Waals surface area (Å²) in [5, 5.41) is 9.60. The largest absolute Gasteiger partial charge is 0.481 e. The second-order valence-electron chi connectivity index (χ2n) is 4.74. The number of carboxylic acid groups (broad SMARTS) is 1. The predicted molar refractivity (Wildman–Crippen MR) is 84.2 cm³/mol. The summed E-state index contributed by atoms with van der Waals surface area (Å²) in [7, 11) is 0. The number of para-hydroxylation sites is 1. The third kappa shape index (κ3) is 2.78. The lowest BCUT2D eigenvalue weighted by molar-refractivity contribution is -0.133. The van der Waals surface area contributed by atoms with Gasteiger partial charge < -0.3 is 5.11 Å². The van der Waals surface area contributed by atoms with Gasteiger partial charge >= 0.3 is 5.97 Å². The Morgan fingerprint density at radius 2 is 2.00 bits per heavy atom. The highest BCUT2D eigenvalue weighted by atomic mass is 32.2. The van der Waals surface area contributed by atoms with Crippen LogP contribution in [-0.2, 0) is 4.79 Å². The van der Waals surface area contributed by atoms with Crippen LogP contribution >= 0.6 is 11.8 Å². The average molecular weight is 298 g/mol. The number of carbonyl (C=O) groups is 1. The van der Waals surface area contributed by atoms with Gasteiger partial charge in [-0.15, -0.1) is 0 Å². The van der Waals surface area contributed by atoms with Crippen LogP contribution in [0.2, 0.25) is 0 Å². The highest BCUT2D eigenvalue weighted by Crippen LogP contribution is 2.28. The summed E-state index contributed by atoms with van der Waals surface area (Å²) in [6, 6.07) is 15.9. The van der Waals surface area contributed by atoms with Crippen molar-refractivity contribution in [3.05, 3.63) is 54.1 Å². The topological polar surface area (TPSA) is 55.1 Å². The summed E-state index contributed by atoms with van der Waals surface area (Å²) in [6.45, 7) is 2.02. The molecule has 3 aromatic rings. The highest BCUT2D eigenvalue weighted by molar-refractivity contribution is 7.99. The zero-order valence-corrected chi connectivity index (χ0v) is 12.3. The van der Waals surface area contributed by atoms with Crippen molar-refractivity contribution in [1.29, 1.82) is 0 Å². The molecule has 2 aromatic carbocycles. The minimum absolute atomic E-state index is 0.00482. The molecule has 0 saturated heterocycles. The molecule has 0 fully saturated rings. The first-order valence-corrected chi connectivity index (χ1v) is 7.53. The van der Waals surface area contributed by atoms with E-state index in [9.17, 15) is 4.79 Å². The van der Waals surface area contributed by atoms with E-state index < -0.39 is 5.97 Å². The third-order valence-electron chi connectivity index (χ3n) is 3.12. The molecular weight excluding hydrogens is 284 g/mol. The van der Waals surface area contributed by atoms with E-state index >= 15 is 0 Å². The molecule has 1 N–H and O–H groups in total. The molecule has 0 spiro atoms. The first kappa shape index (κ1) is 13.7. The Labute approximate surface area is 126 Å². The van der Waals surface area contributed by atoms with Gasteiger partial charge in [-0.1, -0.05) is 36.0 Å². The number of hydrogen-bond acceptors (Lipinski definition) is 3. The molecule has 0 amide bonds. The molecule has 1 aromatic heterocycles. The van der Waals surface area contributed by atoms with E-state index in [0.29, 0.717) is 5.16 Å². The maximum absolute atomic E-state index is 10.8. The predicted octanol–water partition coefficient (Wildman–Crippen LogP) is 3.51. The van der Waals surface area contributed by atoms with Crippen molar-refractivity contribution >= 4 is 28.8 Å². The summed E-state index contributed by atoms with van der Waals surface area (Å²) >= 11 is 1.23. The monoisotopic (exact) mass is 298 g/mol. The Morgan fingerprint density at radius 3 is 2.71 bits per heavy atom. The van der Waals surface area contributed by atoms with E-state index in [1.54, 1.807) is 0 Å². The van der Waals surface area contributed by atoms with Crippen LogP contribution in [0.1, 0.15) is 5.56 Å². The van der Waals surface area contributed by atoms with Crippen molar-refractivity contribution in [1.82, 2.24) is 9.55 Å². The van der Waals surface area contributed by atoms with Gasteiger partial charge in [0.25, 0.3) is 0 Å². The average Bonchev–Trinajstić information content (AvgIpc) is 2.83. The van der Waals surface area contributed by atoms with Crippen LogP contribution in [0.4, 0.5) is 0 Å². The summed E-state index contributed by atoms with van der Waals surface area (Å²) in [6.07, 6.45) is 0. The zero-order valence-electron chi connectivity index (χ0n) is 11.5. The lowest BCUT2D eigenvalue weighted by atomic mass is 10.2. The maximum atomic E-state index is 10.8. The standard InChI is InChI=1S/C16H14N2O2S/c1-11-7-8-14-13(9-11)17-16(21-10-15(19)20)18(14)12-5-3-2-4-6-12/h2-9H,10H2,1H3,(H,19,20). The van der Waals surface area contributed by atoms with Crippen LogP contribution in [0.3, 0.4) is 0 Å². The molecule has 0 atom stereocenters. The second kappa shape index (κ2) is 5.61. The number of aromatic nitrogens is 2. The molecule has 0 aliphatic heterocycles. The van der Waals surface area contributed by atoms with Crippen molar-refractivity contribution < 1.29 is 9.90 Å². The first-order chi connectivity index (χ1) is 10.1. The van der Waals surface area contributed by atoms with Crippen molar-refractivity contribution in [2.75, 3.05) is 5.75 Å². The number of aryl methyl sites for hydroxylation is 1. The smallest absolute Gasteiger partial charge is 0.313 e. The number of rotatable bonds is 4. The van der Waals surface area contributed by atoms with Gasteiger partial charge in [-0.2, -0.15) is 0 Å². The van der Waals surface area contributed by atoms with Crippen molar-refractivity contribution in [3.8, 4) is 5.69 Å². The Bertz CT molecular complexity index is 797. The number of nitrogens with zero attached hydrogens (tertiary/aromatic N) is 2. The van der Waals surface area contributed by atoms with E-state index in [4.69, 9.17) is 5.11 Å². The van der Waals surface area contributed by atoms with Gasteiger partial charge in [0.1, 0.15) is 0 Å². The molecule has 1 heterocycles. The Balaban J connectivity index is 2.18.